The van der Waals surface area contributed by atoms with Gasteiger partial charge in [-0.1, -0.05) is 6.92 Å². The number of ether oxygens (including phenoxy) is 1. The first kappa shape index (κ1) is 21.2. The molecular weight excluding hydrogens is 427 g/mol. The number of piperidine rings is 1. The summed E-state index contributed by atoms with van der Waals surface area (Å²) < 4.78 is 44.6. The third-order valence-electron chi connectivity index (χ3n) is 7.21. The van der Waals surface area contributed by atoms with Crippen molar-refractivity contribution in [3.63, 3.8) is 0 Å². The van der Waals surface area contributed by atoms with Crippen LogP contribution in [-0.2, 0) is 20.5 Å². The van der Waals surface area contributed by atoms with Crippen LogP contribution in [0.5, 0.6) is 0 Å². The maximum Gasteiger partial charge on any atom is 0.433 e. The van der Waals surface area contributed by atoms with E-state index in [2.05, 4.69) is 21.8 Å². The largest absolute Gasteiger partial charge is 0.450 e. The molecule has 1 amide bonds. The average Bonchev–Trinajstić information content (AvgIpc) is 2.98. The van der Waals surface area contributed by atoms with Gasteiger partial charge in [-0.3, -0.25) is 4.79 Å². The maximum absolute atomic E-state index is 13.5. The van der Waals surface area contributed by atoms with Gasteiger partial charge in [0.2, 0.25) is 5.95 Å². The number of alkyl halides is 3. The van der Waals surface area contributed by atoms with Gasteiger partial charge in [-0.25, -0.2) is 14.8 Å². The monoisotopic (exact) mass is 451 g/mol. The molecule has 1 unspecified atom stereocenters. The van der Waals surface area contributed by atoms with E-state index in [0.717, 1.165) is 31.9 Å². The van der Waals surface area contributed by atoms with Gasteiger partial charge in [0, 0.05) is 50.8 Å². The molecule has 1 aromatic heterocycles. The zero-order chi connectivity index (χ0) is 22.8. The number of anilines is 1. The molecule has 1 spiro atoms. The fraction of sp³-hybridized carbons (Fsp3) is 0.619. The summed E-state index contributed by atoms with van der Waals surface area (Å²) >= 11 is 0. The number of amides is 1. The van der Waals surface area contributed by atoms with Gasteiger partial charge < -0.3 is 19.4 Å². The maximum atomic E-state index is 13.5. The lowest BCUT2D eigenvalue weighted by Gasteiger charge is -2.62. The van der Waals surface area contributed by atoms with Crippen LogP contribution in [0.2, 0.25) is 0 Å². The minimum Gasteiger partial charge on any atom is -0.450 e. The van der Waals surface area contributed by atoms with Gasteiger partial charge in [0.25, 0.3) is 5.91 Å². The Labute approximate surface area is 183 Å². The van der Waals surface area contributed by atoms with Crippen LogP contribution < -0.4 is 4.90 Å². The summed E-state index contributed by atoms with van der Waals surface area (Å²) in [5.41, 5.74) is -1.05. The number of esters is 1. The summed E-state index contributed by atoms with van der Waals surface area (Å²) in [7, 11) is 0. The van der Waals surface area contributed by atoms with E-state index in [9.17, 15) is 22.8 Å². The highest BCUT2D eigenvalue weighted by Crippen LogP contribution is 2.45. The second kappa shape index (κ2) is 7.16. The number of carbonyl (C=O) groups excluding carboxylic acids is 2. The van der Waals surface area contributed by atoms with Crippen LogP contribution in [0.25, 0.3) is 0 Å². The van der Waals surface area contributed by atoms with Crippen LogP contribution in [0.4, 0.5) is 19.1 Å². The summed E-state index contributed by atoms with van der Waals surface area (Å²) in [5.74, 6) is -0.626. The van der Waals surface area contributed by atoms with Crippen molar-refractivity contribution in [3.8, 4) is 0 Å². The second-order valence-corrected chi connectivity index (χ2v) is 8.80. The Kier molecular flexibility index (Phi) is 4.74. The highest BCUT2D eigenvalue weighted by Gasteiger charge is 2.59. The Morgan fingerprint density at radius 3 is 2.56 bits per heavy atom. The predicted molar refractivity (Wildman–Crippen MR) is 107 cm³/mol. The highest BCUT2D eigenvalue weighted by atomic mass is 19.4. The lowest BCUT2D eigenvalue weighted by Crippen LogP contribution is -2.80. The van der Waals surface area contributed by atoms with Gasteiger partial charge in [-0.05, 0) is 19.5 Å². The van der Waals surface area contributed by atoms with Crippen LogP contribution in [0.15, 0.2) is 23.4 Å². The first-order valence-corrected chi connectivity index (χ1v) is 10.8. The number of aromatic nitrogens is 2. The molecule has 0 bridgehead atoms. The summed E-state index contributed by atoms with van der Waals surface area (Å²) in [5, 5.41) is 0. The van der Waals surface area contributed by atoms with Crippen molar-refractivity contribution in [1.29, 1.82) is 0 Å². The smallest absolute Gasteiger partial charge is 0.433 e. The van der Waals surface area contributed by atoms with E-state index >= 15 is 0 Å². The summed E-state index contributed by atoms with van der Waals surface area (Å²) in [6.07, 6.45) is -2.28. The van der Waals surface area contributed by atoms with Crippen LogP contribution in [0, 0.1) is 0 Å². The zero-order valence-corrected chi connectivity index (χ0v) is 17.9. The number of fused-ring (bicyclic) bond motifs is 1. The predicted octanol–water partition coefficient (Wildman–Crippen LogP) is 1.62. The SMILES string of the molecule is CCN1CCC2(CC1)OC(=O)C(C)=C2C(=O)N1CC2[C@H]1CN2c1nccc(C(F)(F)F)n1. The lowest BCUT2D eigenvalue weighted by atomic mass is 9.79. The minimum atomic E-state index is -4.54. The van der Waals surface area contributed by atoms with Crippen molar-refractivity contribution in [2.45, 2.75) is 50.6 Å². The topological polar surface area (TPSA) is 78.9 Å². The molecule has 3 fully saturated rings. The second-order valence-electron chi connectivity index (χ2n) is 8.80. The molecule has 0 N–H and O–H groups in total. The standard InChI is InChI=1S/C21H24F3N5O3/c1-3-27-8-5-20(6-9-27)16(12(2)18(31)32-20)17(30)28-10-14-13(28)11-29(14)19-25-7-4-15(26-19)21(22,23)24/h4,7,13-14H,3,5-6,8-11H2,1-2H3/t13-,14?/m1/s1. The van der Waals surface area contributed by atoms with Crippen molar-refractivity contribution < 1.29 is 27.5 Å². The fourth-order valence-corrected chi connectivity index (χ4v) is 5.19. The first-order valence-electron chi connectivity index (χ1n) is 10.8. The van der Waals surface area contributed by atoms with Crippen molar-refractivity contribution in [2.24, 2.45) is 0 Å². The lowest BCUT2D eigenvalue weighted by molar-refractivity contribution is -0.153. The zero-order valence-electron chi connectivity index (χ0n) is 17.9. The molecule has 3 saturated heterocycles. The third kappa shape index (κ3) is 3.08. The van der Waals surface area contributed by atoms with Crippen LogP contribution in [-0.4, -0.2) is 82.1 Å². The van der Waals surface area contributed by atoms with Gasteiger partial charge in [0.05, 0.1) is 17.7 Å². The summed E-state index contributed by atoms with van der Waals surface area (Å²) in [6, 6.07) is 0.580. The molecule has 4 aliphatic heterocycles. The van der Waals surface area contributed by atoms with Crippen LogP contribution in [0.1, 0.15) is 32.4 Å². The number of nitrogens with zero attached hydrogens (tertiary/aromatic N) is 5. The average molecular weight is 451 g/mol. The van der Waals surface area contributed by atoms with E-state index in [4.69, 9.17) is 4.74 Å². The van der Waals surface area contributed by atoms with E-state index in [1.165, 1.54) is 0 Å². The molecule has 8 nitrogen and oxygen atoms in total. The molecule has 11 heteroatoms. The van der Waals surface area contributed by atoms with Gasteiger partial charge in [-0.2, -0.15) is 13.2 Å². The van der Waals surface area contributed by atoms with Gasteiger partial charge in [0.15, 0.2) is 0 Å². The summed E-state index contributed by atoms with van der Waals surface area (Å²) in [6.45, 7) is 6.82. The molecule has 1 aromatic rings. The molecule has 0 aliphatic carbocycles. The number of hydrogen-bond acceptors (Lipinski definition) is 7. The number of rotatable bonds is 3. The number of likely N-dealkylation sites (tertiary alicyclic amines) is 2. The Morgan fingerprint density at radius 1 is 1.25 bits per heavy atom. The Bertz CT molecular complexity index is 1000. The number of piperazine rings is 1. The molecule has 0 radical (unpaired) electrons. The molecule has 4 aliphatic rings. The molecule has 0 aromatic carbocycles. The minimum absolute atomic E-state index is 0.0198. The molecule has 5 heterocycles. The Morgan fingerprint density at radius 2 is 1.97 bits per heavy atom. The molecular formula is C21H24F3N5O3. The molecule has 2 atom stereocenters. The molecule has 172 valence electrons. The Balaban J connectivity index is 1.30. The third-order valence-corrected chi connectivity index (χ3v) is 7.21. The number of hydrogen-bond donors (Lipinski definition) is 0. The quantitative estimate of drug-likeness (QED) is 0.647. The van der Waals surface area contributed by atoms with E-state index < -0.39 is 23.4 Å². The molecule has 0 saturated carbocycles. The molecule has 32 heavy (non-hydrogen) atoms. The molecule has 5 rings (SSSR count). The van der Waals surface area contributed by atoms with Gasteiger partial charge >= 0.3 is 12.1 Å². The van der Waals surface area contributed by atoms with E-state index in [-0.39, 0.29) is 23.9 Å². The number of carbonyl (C=O) groups is 2. The number of halogens is 3. The normalized spacial score (nSPS) is 27.2. The van der Waals surface area contributed by atoms with Gasteiger partial charge in [-0.15, -0.1) is 0 Å². The fourth-order valence-electron chi connectivity index (χ4n) is 5.19. The van der Waals surface area contributed by atoms with E-state index in [0.29, 0.717) is 37.1 Å². The highest BCUT2D eigenvalue weighted by molar-refractivity contribution is 6.07. The first-order chi connectivity index (χ1) is 15.1. The van der Waals surface area contributed by atoms with E-state index in [1.807, 2.05) is 0 Å². The Hall–Kier alpha value is -2.69. The van der Waals surface area contributed by atoms with Crippen LogP contribution >= 0.6 is 0 Å². The van der Waals surface area contributed by atoms with Crippen LogP contribution in [0.3, 0.4) is 0 Å². The van der Waals surface area contributed by atoms with Crippen molar-refractivity contribution in [1.82, 2.24) is 19.8 Å². The summed E-state index contributed by atoms with van der Waals surface area (Å²) in [4.78, 5) is 39.1. The van der Waals surface area contributed by atoms with Crippen molar-refractivity contribution in [2.75, 3.05) is 37.6 Å². The van der Waals surface area contributed by atoms with Crippen molar-refractivity contribution in [3.05, 3.63) is 29.1 Å². The van der Waals surface area contributed by atoms with Crippen molar-refractivity contribution >= 4 is 17.8 Å². The van der Waals surface area contributed by atoms with E-state index in [1.54, 1.807) is 16.7 Å². The van der Waals surface area contributed by atoms with Gasteiger partial charge in [0.1, 0.15) is 11.3 Å².